The van der Waals surface area contributed by atoms with Crippen LogP contribution in [-0.4, -0.2) is 24.4 Å². The summed E-state index contributed by atoms with van der Waals surface area (Å²) in [5, 5.41) is 14.7. The van der Waals surface area contributed by atoms with E-state index in [9.17, 15) is 5.11 Å². The van der Waals surface area contributed by atoms with E-state index in [4.69, 9.17) is 16.3 Å². The van der Waals surface area contributed by atoms with Crippen molar-refractivity contribution >= 4 is 11.6 Å². The van der Waals surface area contributed by atoms with Crippen molar-refractivity contribution in [1.82, 2.24) is 5.32 Å². The summed E-state index contributed by atoms with van der Waals surface area (Å²) >= 11 is 6.03. The number of benzene rings is 1. The molecular weight excluding hydrogens is 286 g/mol. The lowest BCUT2D eigenvalue weighted by molar-refractivity contribution is -0.00884. The lowest BCUT2D eigenvalue weighted by Gasteiger charge is -2.36. The molecule has 2 N–H and O–H groups in total. The Bertz CT molecular complexity index is 456. The van der Waals surface area contributed by atoms with Crippen LogP contribution in [0.3, 0.4) is 0 Å². The number of ether oxygens (including phenoxy) is 1. The van der Waals surface area contributed by atoms with Crippen molar-refractivity contribution in [1.29, 1.82) is 0 Å². The second-order valence-electron chi connectivity index (χ2n) is 6.14. The van der Waals surface area contributed by atoms with E-state index in [1.807, 2.05) is 18.2 Å². The second-order valence-corrected chi connectivity index (χ2v) is 6.57. The van der Waals surface area contributed by atoms with E-state index in [1.54, 1.807) is 7.11 Å². The molecular formula is C17H26ClNO2. The highest BCUT2D eigenvalue weighted by atomic mass is 35.5. The van der Waals surface area contributed by atoms with Crippen LogP contribution in [0.5, 0.6) is 5.75 Å². The lowest BCUT2D eigenvalue weighted by atomic mass is 9.78. The molecule has 0 amide bonds. The maximum Gasteiger partial charge on any atom is 0.123 e. The van der Waals surface area contributed by atoms with Gasteiger partial charge in [0.05, 0.1) is 12.7 Å². The quantitative estimate of drug-likeness (QED) is 0.840. The molecule has 1 saturated carbocycles. The number of rotatable bonds is 6. The first kappa shape index (κ1) is 16.6. The van der Waals surface area contributed by atoms with E-state index in [0.717, 1.165) is 42.9 Å². The molecule has 0 spiro atoms. The van der Waals surface area contributed by atoms with Crippen LogP contribution in [0.2, 0.25) is 5.02 Å². The normalized spacial score (nSPS) is 25.8. The summed E-state index contributed by atoms with van der Waals surface area (Å²) in [5.41, 5.74) is 0.466. The second kappa shape index (κ2) is 7.48. The lowest BCUT2D eigenvalue weighted by Crippen LogP contribution is -2.43. The van der Waals surface area contributed by atoms with Crippen LogP contribution in [-0.2, 0) is 6.54 Å². The van der Waals surface area contributed by atoms with E-state index in [2.05, 4.69) is 12.2 Å². The van der Waals surface area contributed by atoms with Gasteiger partial charge >= 0.3 is 0 Å². The Hall–Kier alpha value is -0.770. The average molecular weight is 312 g/mol. The van der Waals surface area contributed by atoms with Gasteiger partial charge in [0.1, 0.15) is 5.75 Å². The van der Waals surface area contributed by atoms with Crippen LogP contribution in [0.1, 0.15) is 44.6 Å². The van der Waals surface area contributed by atoms with Gasteiger partial charge in [0.2, 0.25) is 0 Å². The molecule has 4 heteroatoms. The topological polar surface area (TPSA) is 41.5 Å². The van der Waals surface area contributed by atoms with Crippen LogP contribution in [0.25, 0.3) is 0 Å². The van der Waals surface area contributed by atoms with E-state index in [-0.39, 0.29) is 0 Å². The number of halogens is 1. The van der Waals surface area contributed by atoms with Crippen molar-refractivity contribution in [3.05, 3.63) is 28.8 Å². The van der Waals surface area contributed by atoms with Crippen LogP contribution < -0.4 is 10.1 Å². The van der Waals surface area contributed by atoms with Gasteiger partial charge in [-0.15, -0.1) is 0 Å². The molecule has 0 aromatic heterocycles. The van der Waals surface area contributed by atoms with Crippen LogP contribution in [0.15, 0.2) is 18.2 Å². The minimum Gasteiger partial charge on any atom is -0.496 e. The number of nitrogens with one attached hydrogen (secondary N) is 1. The predicted molar refractivity (Wildman–Crippen MR) is 86.9 cm³/mol. The minimum atomic E-state index is -0.558. The number of methoxy groups -OCH3 is 1. The summed E-state index contributed by atoms with van der Waals surface area (Å²) in [6.45, 7) is 3.51. The number of aliphatic hydroxyl groups is 1. The van der Waals surface area contributed by atoms with Crippen molar-refractivity contribution in [2.75, 3.05) is 13.7 Å². The van der Waals surface area contributed by atoms with Crippen LogP contribution in [0.4, 0.5) is 0 Å². The molecule has 21 heavy (non-hydrogen) atoms. The van der Waals surface area contributed by atoms with Gasteiger partial charge in [-0.3, -0.25) is 0 Å². The Balaban J connectivity index is 1.85. The molecule has 2 rings (SSSR count). The Morgan fingerprint density at radius 3 is 2.71 bits per heavy atom. The molecule has 1 aliphatic carbocycles. The molecule has 118 valence electrons. The van der Waals surface area contributed by atoms with Crippen LogP contribution >= 0.6 is 11.6 Å². The molecule has 0 aliphatic heterocycles. The predicted octanol–water partition coefficient (Wildman–Crippen LogP) is 3.77. The summed E-state index contributed by atoms with van der Waals surface area (Å²) in [7, 11) is 1.66. The number of hydrogen-bond acceptors (Lipinski definition) is 3. The summed E-state index contributed by atoms with van der Waals surface area (Å²) in [4.78, 5) is 0. The van der Waals surface area contributed by atoms with Gasteiger partial charge in [0.15, 0.2) is 0 Å². The molecule has 1 aromatic rings. The highest BCUT2D eigenvalue weighted by Crippen LogP contribution is 2.33. The summed E-state index contributed by atoms with van der Waals surface area (Å²) in [6.07, 6.45) is 5.28. The summed E-state index contributed by atoms with van der Waals surface area (Å²) in [6, 6.07) is 5.61. The third-order valence-electron chi connectivity index (χ3n) is 4.63. The SMILES string of the molecule is CCC1CCC(O)(CNCc2cc(Cl)ccc2OC)CC1. The van der Waals surface area contributed by atoms with E-state index in [1.165, 1.54) is 6.42 Å². The van der Waals surface area contributed by atoms with E-state index < -0.39 is 5.60 Å². The monoisotopic (exact) mass is 311 g/mol. The summed E-state index contributed by atoms with van der Waals surface area (Å²) < 4.78 is 5.34. The summed E-state index contributed by atoms with van der Waals surface area (Å²) in [5.74, 6) is 1.62. The molecule has 3 nitrogen and oxygen atoms in total. The van der Waals surface area contributed by atoms with Gasteiger partial charge in [0.25, 0.3) is 0 Å². The standard InChI is InChI=1S/C17H26ClNO2/c1-3-13-6-8-17(20,9-7-13)12-19-11-14-10-15(18)4-5-16(14)21-2/h4-5,10,13,19-20H,3,6-9,11-12H2,1-2H3. The largest absolute Gasteiger partial charge is 0.496 e. The fraction of sp³-hybridized carbons (Fsp3) is 0.647. The van der Waals surface area contributed by atoms with Gasteiger partial charge in [0, 0.05) is 23.7 Å². The molecule has 0 unspecified atom stereocenters. The molecule has 0 saturated heterocycles. The first-order chi connectivity index (χ1) is 10.1. The maximum absolute atomic E-state index is 10.6. The maximum atomic E-state index is 10.6. The number of hydrogen-bond donors (Lipinski definition) is 2. The van der Waals surface area contributed by atoms with E-state index in [0.29, 0.717) is 18.1 Å². The highest BCUT2D eigenvalue weighted by molar-refractivity contribution is 6.30. The van der Waals surface area contributed by atoms with Crippen molar-refractivity contribution in [2.24, 2.45) is 5.92 Å². The fourth-order valence-corrected chi connectivity index (χ4v) is 3.31. The zero-order chi connectivity index (χ0) is 15.3. The average Bonchev–Trinajstić information content (AvgIpc) is 2.48. The van der Waals surface area contributed by atoms with Crippen molar-refractivity contribution in [2.45, 2.75) is 51.2 Å². The molecule has 1 aromatic carbocycles. The van der Waals surface area contributed by atoms with Gasteiger partial charge in [-0.1, -0.05) is 24.9 Å². The van der Waals surface area contributed by atoms with Gasteiger partial charge in [-0.05, 0) is 49.8 Å². The Morgan fingerprint density at radius 2 is 2.10 bits per heavy atom. The molecule has 0 atom stereocenters. The Labute approximate surface area is 132 Å². The molecule has 1 fully saturated rings. The smallest absolute Gasteiger partial charge is 0.123 e. The molecule has 0 radical (unpaired) electrons. The minimum absolute atomic E-state index is 0.558. The molecule has 0 heterocycles. The Morgan fingerprint density at radius 1 is 1.38 bits per heavy atom. The fourth-order valence-electron chi connectivity index (χ4n) is 3.12. The van der Waals surface area contributed by atoms with Crippen molar-refractivity contribution in [3.63, 3.8) is 0 Å². The molecule has 1 aliphatic rings. The highest BCUT2D eigenvalue weighted by Gasteiger charge is 2.32. The third kappa shape index (κ3) is 4.60. The first-order valence-corrected chi connectivity index (χ1v) is 8.19. The van der Waals surface area contributed by atoms with Crippen molar-refractivity contribution < 1.29 is 9.84 Å². The van der Waals surface area contributed by atoms with Crippen molar-refractivity contribution in [3.8, 4) is 5.75 Å². The zero-order valence-corrected chi connectivity index (χ0v) is 13.7. The third-order valence-corrected chi connectivity index (χ3v) is 4.86. The van der Waals surface area contributed by atoms with E-state index >= 15 is 0 Å². The first-order valence-electron chi connectivity index (χ1n) is 7.82. The van der Waals surface area contributed by atoms with Gasteiger partial charge in [-0.2, -0.15) is 0 Å². The Kier molecular flexibility index (Phi) is 5.91. The van der Waals surface area contributed by atoms with Gasteiger partial charge < -0.3 is 15.2 Å². The molecule has 0 bridgehead atoms. The van der Waals surface area contributed by atoms with Gasteiger partial charge in [-0.25, -0.2) is 0 Å². The zero-order valence-electron chi connectivity index (χ0n) is 13.0. The van der Waals surface area contributed by atoms with Crippen LogP contribution in [0, 0.1) is 5.92 Å².